The van der Waals surface area contributed by atoms with Crippen LogP contribution >= 0.6 is 12.4 Å². The standard InChI is InChI=1S/C18H18F3N3O3.ClH/c19-18(20,21)17(26)6-8-24(11-17)16(25)13-1-3-14(4-2-13)27-15-9-12(10-22)5-7-23-15;/h1-5,7,9,26H,6,8,10-11,22H2;1H. The first kappa shape index (κ1) is 21.9. The third-order valence-electron chi connectivity index (χ3n) is 4.42. The summed E-state index contributed by atoms with van der Waals surface area (Å²) >= 11 is 0. The fraction of sp³-hybridized carbons (Fsp3) is 0.333. The van der Waals surface area contributed by atoms with Crippen LogP contribution in [-0.4, -0.2) is 45.8 Å². The first-order chi connectivity index (χ1) is 12.7. The zero-order valence-electron chi connectivity index (χ0n) is 14.6. The molecule has 1 unspecified atom stereocenters. The lowest BCUT2D eigenvalue weighted by Gasteiger charge is -2.25. The average molecular weight is 418 g/mol. The molecule has 2 heterocycles. The van der Waals surface area contributed by atoms with Gasteiger partial charge in [-0.2, -0.15) is 13.2 Å². The highest BCUT2D eigenvalue weighted by molar-refractivity contribution is 5.94. The minimum atomic E-state index is -4.77. The Kier molecular flexibility index (Phi) is 6.53. The van der Waals surface area contributed by atoms with Crippen LogP contribution in [0.5, 0.6) is 11.6 Å². The molecule has 1 amide bonds. The molecule has 3 N–H and O–H groups in total. The van der Waals surface area contributed by atoms with Gasteiger partial charge in [0.05, 0.1) is 6.54 Å². The van der Waals surface area contributed by atoms with Gasteiger partial charge in [0, 0.05) is 37.3 Å². The summed E-state index contributed by atoms with van der Waals surface area (Å²) in [5.41, 5.74) is 3.75. The highest BCUT2D eigenvalue weighted by atomic mass is 35.5. The van der Waals surface area contributed by atoms with E-state index in [1.165, 1.54) is 24.3 Å². The number of likely N-dealkylation sites (tertiary alicyclic amines) is 1. The Labute approximate surface area is 165 Å². The Morgan fingerprint density at radius 3 is 2.54 bits per heavy atom. The molecular weight excluding hydrogens is 399 g/mol. The van der Waals surface area contributed by atoms with E-state index in [0.717, 1.165) is 10.5 Å². The number of carbonyl (C=O) groups excluding carboxylic acids is 1. The van der Waals surface area contributed by atoms with Gasteiger partial charge in [-0.05, 0) is 35.9 Å². The molecule has 6 nitrogen and oxygen atoms in total. The topological polar surface area (TPSA) is 88.7 Å². The van der Waals surface area contributed by atoms with Crippen LogP contribution in [0, 0.1) is 0 Å². The molecule has 1 aromatic heterocycles. The molecule has 1 atom stereocenters. The lowest BCUT2D eigenvalue weighted by atomic mass is 10.0. The fourth-order valence-electron chi connectivity index (χ4n) is 2.80. The molecule has 0 saturated carbocycles. The van der Waals surface area contributed by atoms with Gasteiger partial charge in [-0.1, -0.05) is 0 Å². The van der Waals surface area contributed by atoms with E-state index in [2.05, 4.69) is 4.98 Å². The molecular formula is C18H19ClF3N3O3. The molecule has 1 aliphatic rings. The van der Waals surface area contributed by atoms with Gasteiger partial charge in [0.2, 0.25) is 5.88 Å². The predicted molar refractivity (Wildman–Crippen MR) is 97.4 cm³/mol. The van der Waals surface area contributed by atoms with Crippen molar-refractivity contribution in [1.82, 2.24) is 9.88 Å². The molecule has 0 radical (unpaired) electrons. The van der Waals surface area contributed by atoms with Gasteiger partial charge in [-0.3, -0.25) is 4.79 Å². The molecule has 2 aromatic rings. The van der Waals surface area contributed by atoms with Crippen LogP contribution in [0.4, 0.5) is 13.2 Å². The molecule has 1 saturated heterocycles. The maximum Gasteiger partial charge on any atom is 0.419 e. The zero-order chi connectivity index (χ0) is 19.7. The van der Waals surface area contributed by atoms with Gasteiger partial charge in [-0.15, -0.1) is 12.4 Å². The lowest BCUT2D eigenvalue weighted by molar-refractivity contribution is -0.253. The van der Waals surface area contributed by atoms with Crippen LogP contribution in [0.15, 0.2) is 42.6 Å². The normalized spacial score (nSPS) is 19.2. The van der Waals surface area contributed by atoms with E-state index in [0.29, 0.717) is 18.2 Å². The van der Waals surface area contributed by atoms with Crippen molar-refractivity contribution in [2.75, 3.05) is 13.1 Å². The Morgan fingerprint density at radius 1 is 1.29 bits per heavy atom. The van der Waals surface area contributed by atoms with E-state index in [1.807, 2.05) is 0 Å². The Bertz CT molecular complexity index is 833. The molecule has 1 fully saturated rings. The Balaban J connectivity index is 0.00000280. The first-order valence-corrected chi connectivity index (χ1v) is 8.23. The van der Waals surface area contributed by atoms with Crippen LogP contribution in [0.25, 0.3) is 0 Å². The molecule has 3 rings (SSSR count). The van der Waals surface area contributed by atoms with Crippen molar-refractivity contribution in [3.05, 3.63) is 53.7 Å². The van der Waals surface area contributed by atoms with Crippen LogP contribution in [-0.2, 0) is 6.54 Å². The van der Waals surface area contributed by atoms with Crippen molar-refractivity contribution in [1.29, 1.82) is 0 Å². The van der Waals surface area contributed by atoms with Gasteiger partial charge in [0.15, 0.2) is 5.60 Å². The number of ether oxygens (including phenoxy) is 1. The highest BCUT2D eigenvalue weighted by Gasteiger charge is 2.57. The predicted octanol–water partition coefficient (Wildman–Crippen LogP) is 2.89. The number of β-amino-alcohol motifs (C(OH)–C–C–N with tert-alkyl or cyclic N) is 1. The van der Waals surface area contributed by atoms with E-state index in [-0.39, 0.29) is 24.5 Å². The smallest absolute Gasteiger partial charge is 0.419 e. The summed E-state index contributed by atoms with van der Waals surface area (Å²) in [5, 5.41) is 9.69. The van der Waals surface area contributed by atoms with Crippen molar-refractivity contribution < 1.29 is 27.8 Å². The highest BCUT2D eigenvalue weighted by Crippen LogP contribution is 2.38. The minimum Gasteiger partial charge on any atom is -0.439 e. The number of hydrogen-bond donors (Lipinski definition) is 2. The molecule has 152 valence electrons. The van der Waals surface area contributed by atoms with Crippen molar-refractivity contribution in [3.63, 3.8) is 0 Å². The minimum absolute atomic E-state index is 0. The number of nitrogens with two attached hydrogens (primary N) is 1. The van der Waals surface area contributed by atoms with Gasteiger partial charge in [0.1, 0.15) is 5.75 Å². The van der Waals surface area contributed by atoms with Gasteiger partial charge < -0.3 is 20.5 Å². The second-order valence-corrected chi connectivity index (χ2v) is 6.34. The summed E-state index contributed by atoms with van der Waals surface area (Å²) in [4.78, 5) is 17.4. The van der Waals surface area contributed by atoms with Crippen LogP contribution in [0.1, 0.15) is 22.3 Å². The monoisotopic (exact) mass is 417 g/mol. The maximum absolute atomic E-state index is 12.9. The zero-order valence-corrected chi connectivity index (χ0v) is 15.5. The second kappa shape index (κ2) is 8.34. The van der Waals surface area contributed by atoms with Crippen molar-refractivity contribution >= 4 is 18.3 Å². The van der Waals surface area contributed by atoms with Gasteiger partial charge >= 0.3 is 6.18 Å². The molecule has 0 spiro atoms. The third kappa shape index (κ3) is 4.54. The number of carbonyl (C=O) groups is 1. The van der Waals surface area contributed by atoms with E-state index in [4.69, 9.17) is 10.5 Å². The summed E-state index contributed by atoms with van der Waals surface area (Å²) in [7, 11) is 0. The summed E-state index contributed by atoms with van der Waals surface area (Å²) in [6.07, 6.45) is -3.75. The summed E-state index contributed by atoms with van der Waals surface area (Å²) in [5.74, 6) is 0.179. The molecule has 0 aliphatic carbocycles. The molecule has 28 heavy (non-hydrogen) atoms. The summed E-state index contributed by atoms with van der Waals surface area (Å²) in [6, 6.07) is 9.39. The van der Waals surface area contributed by atoms with Crippen LogP contribution < -0.4 is 10.5 Å². The quantitative estimate of drug-likeness (QED) is 0.798. The number of halogens is 4. The first-order valence-electron chi connectivity index (χ1n) is 8.23. The van der Waals surface area contributed by atoms with Crippen LogP contribution in [0.3, 0.4) is 0 Å². The Morgan fingerprint density at radius 2 is 1.96 bits per heavy atom. The van der Waals surface area contributed by atoms with Gasteiger partial charge in [-0.25, -0.2) is 4.98 Å². The number of nitrogens with zero attached hydrogens (tertiary/aromatic N) is 2. The lowest BCUT2D eigenvalue weighted by Crippen LogP contribution is -2.48. The summed E-state index contributed by atoms with van der Waals surface area (Å²) < 4.78 is 44.2. The SMILES string of the molecule is Cl.NCc1ccnc(Oc2ccc(C(=O)N3CCC(O)(C(F)(F)F)C3)cc2)c1. The van der Waals surface area contributed by atoms with Crippen LogP contribution in [0.2, 0.25) is 0 Å². The van der Waals surface area contributed by atoms with Crippen molar-refractivity contribution in [2.45, 2.75) is 24.7 Å². The number of aromatic nitrogens is 1. The number of aliphatic hydroxyl groups is 1. The molecule has 10 heteroatoms. The van der Waals surface area contributed by atoms with E-state index in [1.54, 1.807) is 18.3 Å². The number of hydrogen-bond acceptors (Lipinski definition) is 5. The van der Waals surface area contributed by atoms with Crippen molar-refractivity contribution in [3.8, 4) is 11.6 Å². The van der Waals surface area contributed by atoms with Crippen molar-refractivity contribution in [2.24, 2.45) is 5.73 Å². The second-order valence-electron chi connectivity index (χ2n) is 6.34. The van der Waals surface area contributed by atoms with E-state index >= 15 is 0 Å². The number of pyridine rings is 1. The van der Waals surface area contributed by atoms with E-state index < -0.39 is 30.7 Å². The number of amides is 1. The Hall–Kier alpha value is -2.36. The largest absolute Gasteiger partial charge is 0.439 e. The number of rotatable bonds is 4. The average Bonchev–Trinajstić information content (AvgIpc) is 3.05. The number of benzene rings is 1. The third-order valence-corrected chi connectivity index (χ3v) is 4.42. The van der Waals surface area contributed by atoms with E-state index in [9.17, 15) is 23.1 Å². The summed E-state index contributed by atoms with van der Waals surface area (Å²) in [6.45, 7) is -0.599. The fourth-order valence-corrected chi connectivity index (χ4v) is 2.80. The maximum atomic E-state index is 12.9. The number of alkyl halides is 3. The molecule has 1 aliphatic heterocycles. The molecule has 0 bridgehead atoms. The van der Waals surface area contributed by atoms with Gasteiger partial charge in [0.25, 0.3) is 5.91 Å². The molecule has 1 aromatic carbocycles.